The summed E-state index contributed by atoms with van der Waals surface area (Å²) in [6.07, 6.45) is -2.73. The van der Waals surface area contributed by atoms with Crippen LogP contribution < -0.4 is 0 Å². The Labute approximate surface area is 107 Å². The molecular formula is C9H7Br2F2NO2. The third kappa shape index (κ3) is 2.76. The molecule has 0 aliphatic carbocycles. The highest BCUT2D eigenvalue weighted by atomic mass is 79.9. The molecule has 0 saturated carbocycles. The molecule has 0 N–H and O–H groups in total. The lowest BCUT2D eigenvalue weighted by Crippen LogP contribution is -2.09. The zero-order valence-corrected chi connectivity index (χ0v) is 11.3. The lowest BCUT2D eigenvalue weighted by atomic mass is 10.2. The number of hydrogen-bond donors (Lipinski definition) is 0. The fraction of sp³-hybridized carbons (Fsp3) is 0.333. The summed E-state index contributed by atoms with van der Waals surface area (Å²) >= 11 is 6.27. The molecule has 16 heavy (non-hydrogen) atoms. The Balaban J connectivity index is 3.35. The third-order valence-electron chi connectivity index (χ3n) is 1.80. The normalized spacial score (nSPS) is 10.6. The first-order valence-electron chi connectivity index (χ1n) is 4.13. The highest BCUT2D eigenvalue weighted by molar-refractivity contribution is 9.10. The molecule has 0 aliphatic heterocycles. The number of rotatable bonds is 3. The van der Waals surface area contributed by atoms with Gasteiger partial charge in [0.05, 0.1) is 11.6 Å². The van der Waals surface area contributed by atoms with Gasteiger partial charge in [-0.3, -0.25) is 0 Å². The van der Waals surface area contributed by atoms with Crippen molar-refractivity contribution in [2.24, 2.45) is 0 Å². The number of carbonyl (C=O) groups excluding carboxylic acids is 1. The number of esters is 1. The SMILES string of the molecule is COC(=O)c1nc(C(F)F)cc(CBr)c1Br. The van der Waals surface area contributed by atoms with Crippen LogP contribution in [-0.4, -0.2) is 18.1 Å². The van der Waals surface area contributed by atoms with Crippen LogP contribution in [0, 0.1) is 0 Å². The predicted octanol–water partition coefficient (Wildman–Crippen LogP) is 3.46. The Morgan fingerprint density at radius 1 is 1.62 bits per heavy atom. The van der Waals surface area contributed by atoms with Crippen LogP contribution in [0.3, 0.4) is 0 Å². The van der Waals surface area contributed by atoms with Crippen molar-refractivity contribution in [1.82, 2.24) is 4.98 Å². The van der Waals surface area contributed by atoms with Crippen LogP contribution in [0.4, 0.5) is 8.78 Å². The van der Waals surface area contributed by atoms with Crippen molar-refractivity contribution in [1.29, 1.82) is 0 Å². The molecule has 1 heterocycles. The molecule has 0 amide bonds. The summed E-state index contributed by atoms with van der Waals surface area (Å²) < 4.78 is 29.9. The standard InChI is InChI=1S/C9H7Br2F2NO2/c1-16-9(15)7-6(11)4(3-10)2-5(14-7)8(12)13/h2,8H,3H2,1H3. The molecule has 0 atom stereocenters. The van der Waals surface area contributed by atoms with Crippen LogP contribution in [0.15, 0.2) is 10.5 Å². The van der Waals surface area contributed by atoms with Crippen LogP contribution in [0.5, 0.6) is 0 Å². The fourth-order valence-corrected chi connectivity index (χ4v) is 2.37. The summed E-state index contributed by atoms with van der Waals surface area (Å²) in [5, 5.41) is 0.333. The lowest BCUT2D eigenvalue weighted by molar-refractivity contribution is 0.0591. The Morgan fingerprint density at radius 3 is 2.69 bits per heavy atom. The molecule has 0 fully saturated rings. The second-order valence-corrected chi connectivity index (χ2v) is 4.15. The van der Waals surface area contributed by atoms with E-state index in [1.807, 2.05) is 0 Å². The summed E-state index contributed by atoms with van der Waals surface area (Å²) in [4.78, 5) is 14.9. The summed E-state index contributed by atoms with van der Waals surface area (Å²) in [7, 11) is 1.17. The number of methoxy groups -OCH3 is 1. The molecule has 0 aromatic carbocycles. The van der Waals surface area contributed by atoms with Crippen LogP contribution in [0.1, 0.15) is 28.2 Å². The second kappa shape index (κ2) is 5.67. The molecule has 0 radical (unpaired) electrons. The van der Waals surface area contributed by atoms with Gasteiger partial charge in [0.1, 0.15) is 5.69 Å². The Kier molecular flexibility index (Phi) is 4.79. The number of pyridine rings is 1. The van der Waals surface area contributed by atoms with Gasteiger partial charge in [-0.2, -0.15) is 0 Å². The molecule has 1 rings (SSSR count). The number of alkyl halides is 3. The van der Waals surface area contributed by atoms with E-state index in [0.717, 1.165) is 0 Å². The average molecular weight is 359 g/mol. The second-order valence-electron chi connectivity index (χ2n) is 2.79. The average Bonchev–Trinajstić information content (AvgIpc) is 2.28. The molecule has 1 aromatic heterocycles. The summed E-state index contributed by atoms with van der Waals surface area (Å²) in [5.41, 5.74) is -0.0708. The van der Waals surface area contributed by atoms with Gasteiger partial charge in [0.25, 0.3) is 6.43 Å². The number of carbonyl (C=O) groups is 1. The molecular weight excluding hydrogens is 352 g/mol. The number of ether oxygens (including phenoxy) is 1. The van der Waals surface area contributed by atoms with E-state index in [1.165, 1.54) is 13.2 Å². The van der Waals surface area contributed by atoms with E-state index in [4.69, 9.17) is 0 Å². The van der Waals surface area contributed by atoms with Crippen molar-refractivity contribution in [2.45, 2.75) is 11.8 Å². The molecule has 7 heteroatoms. The largest absolute Gasteiger partial charge is 0.464 e. The van der Waals surface area contributed by atoms with Crippen molar-refractivity contribution >= 4 is 37.8 Å². The van der Waals surface area contributed by atoms with E-state index in [2.05, 4.69) is 41.6 Å². The Morgan fingerprint density at radius 2 is 2.25 bits per heavy atom. The van der Waals surface area contributed by atoms with Crippen LogP contribution >= 0.6 is 31.9 Å². The molecule has 0 bridgehead atoms. The minimum Gasteiger partial charge on any atom is -0.464 e. The van der Waals surface area contributed by atoms with Gasteiger partial charge in [0, 0.05) is 5.33 Å². The summed E-state index contributed by atoms with van der Waals surface area (Å²) in [6, 6.07) is 1.23. The minimum atomic E-state index is -2.73. The minimum absolute atomic E-state index is 0.144. The van der Waals surface area contributed by atoms with Gasteiger partial charge in [-0.25, -0.2) is 18.6 Å². The summed E-state index contributed by atoms with van der Waals surface area (Å²) in [5.74, 6) is -0.753. The molecule has 0 unspecified atom stereocenters. The highest BCUT2D eigenvalue weighted by Gasteiger charge is 2.20. The molecule has 0 saturated heterocycles. The molecule has 0 spiro atoms. The van der Waals surface area contributed by atoms with Gasteiger partial charge in [-0.15, -0.1) is 0 Å². The van der Waals surface area contributed by atoms with E-state index in [-0.39, 0.29) is 5.69 Å². The van der Waals surface area contributed by atoms with E-state index in [1.54, 1.807) is 0 Å². The van der Waals surface area contributed by atoms with E-state index >= 15 is 0 Å². The van der Waals surface area contributed by atoms with Crippen LogP contribution in [-0.2, 0) is 10.1 Å². The van der Waals surface area contributed by atoms with Gasteiger partial charge < -0.3 is 4.74 Å². The van der Waals surface area contributed by atoms with Gasteiger partial charge >= 0.3 is 5.97 Å². The molecule has 0 aliphatic rings. The first kappa shape index (κ1) is 13.5. The predicted molar refractivity (Wildman–Crippen MR) is 60.9 cm³/mol. The van der Waals surface area contributed by atoms with E-state index < -0.39 is 18.1 Å². The van der Waals surface area contributed by atoms with Crippen molar-refractivity contribution in [2.75, 3.05) is 7.11 Å². The number of hydrogen-bond acceptors (Lipinski definition) is 3. The van der Waals surface area contributed by atoms with Gasteiger partial charge in [-0.05, 0) is 27.6 Å². The van der Waals surface area contributed by atoms with Crippen LogP contribution in [0.25, 0.3) is 0 Å². The summed E-state index contributed by atoms with van der Waals surface area (Å²) in [6.45, 7) is 0. The van der Waals surface area contributed by atoms with Crippen molar-refractivity contribution in [3.05, 3.63) is 27.5 Å². The smallest absolute Gasteiger partial charge is 0.357 e. The van der Waals surface area contributed by atoms with Crippen molar-refractivity contribution in [3.8, 4) is 0 Å². The van der Waals surface area contributed by atoms with Gasteiger partial charge in [0.15, 0.2) is 5.69 Å². The van der Waals surface area contributed by atoms with E-state index in [0.29, 0.717) is 15.4 Å². The fourth-order valence-electron chi connectivity index (χ4n) is 1.05. The highest BCUT2D eigenvalue weighted by Crippen LogP contribution is 2.27. The topological polar surface area (TPSA) is 39.2 Å². The van der Waals surface area contributed by atoms with Crippen molar-refractivity contribution < 1.29 is 18.3 Å². The molecule has 1 aromatic rings. The Bertz CT molecular complexity index is 413. The zero-order chi connectivity index (χ0) is 12.3. The number of nitrogens with zero attached hydrogens (tertiary/aromatic N) is 1. The lowest BCUT2D eigenvalue weighted by Gasteiger charge is -2.08. The van der Waals surface area contributed by atoms with Crippen LogP contribution in [0.2, 0.25) is 0 Å². The maximum absolute atomic E-state index is 12.5. The monoisotopic (exact) mass is 357 g/mol. The first-order chi connectivity index (χ1) is 7.51. The molecule has 88 valence electrons. The molecule has 3 nitrogen and oxygen atoms in total. The van der Waals surface area contributed by atoms with Crippen molar-refractivity contribution in [3.63, 3.8) is 0 Å². The van der Waals surface area contributed by atoms with Gasteiger partial charge in [-0.1, -0.05) is 15.9 Å². The number of aromatic nitrogens is 1. The van der Waals surface area contributed by atoms with Gasteiger partial charge in [0.2, 0.25) is 0 Å². The Hall–Kier alpha value is -0.560. The maximum Gasteiger partial charge on any atom is 0.357 e. The quantitative estimate of drug-likeness (QED) is 0.613. The number of halogens is 4. The third-order valence-corrected chi connectivity index (χ3v) is 3.29. The zero-order valence-electron chi connectivity index (χ0n) is 8.14. The first-order valence-corrected chi connectivity index (χ1v) is 6.04. The van der Waals surface area contributed by atoms with E-state index in [9.17, 15) is 13.6 Å². The maximum atomic E-state index is 12.5.